The molecule has 1 aromatic carbocycles. The van der Waals surface area contributed by atoms with Crippen molar-refractivity contribution in [1.29, 1.82) is 5.26 Å². The van der Waals surface area contributed by atoms with Crippen molar-refractivity contribution < 1.29 is 5.11 Å². The van der Waals surface area contributed by atoms with Crippen LogP contribution in [-0.2, 0) is 0 Å². The molecule has 3 heteroatoms. The zero-order chi connectivity index (χ0) is 13.5. The molecule has 0 amide bonds. The molecular formula is C15H22N2O. The first-order chi connectivity index (χ1) is 8.54. The Kier molecular flexibility index (Phi) is 5.84. The van der Waals surface area contributed by atoms with Gasteiger partial charge in [-0.15, -0.1) is 0 Å². The highest BCUT2D eigenvalue weighted by Gasteiger charge is 2.10. The smallest absolute Gasteiger partial charge is 0.0991 e. The number of nitriles is 1. The van der Waals surface area contributed by atoms with E-state index in [0.717, 1.165) is 18.5 Å². The van der Waals surface area contributed by atoms with Crippen molar-refractivity contribution in [3.8, 4) is 6.07 Å². The summed E-state index contributed by atoms with van der Waals surface area (Å²) in [5, 5.41) is 21.9. The van der Waals surface area contributed by atoms with Crippen molar-refractivity contribution in [3.63, 3.8) is 0 Å². The molecule has 3 nitrogen and oxygen atoms in total. The lowest BCUT2D eigenvalue weighted by molar-refractivity contribution is 0.115. The molecule has 0 saturated carbocycles. The van der Waals surface area contributed by atoms with E-state index >= 15 is 0 Å². The monoisotopic (exact) mass is 246 g/mol. The van der Waals surface area contributed by atoms with E-state index in [0.29, 0.717) is 11.5 Å². The van der Waals surface area contributed by atoms with E-state index < -0.39 is 0 Å². The molecule has 18 heavy (non-hydrogen) atoms. The van der Waals surface area contributed by atoms with Crippen LogP contribution in [0.2, 0.25) is 0 Å². The third kappa shape index (κ3) is 4.48. The van der Waals surface area contributed by atoms with E-state index in [2.05, 4.69) is 18.3 Å². The van der Waals surface area contributed by atoms with Crippen molar-refractivity contribution in [3.05, 3.63) is 35.4 Å². The zero-order valence-corrected chi connectivity index (χ0v) is 11.4. The lowest BCUT2D eigenvalue weighted by Gasteiger charge is -2.18. The lowest BCUT2D eigenvalue weighted by Crippen LogP contribution is -2.25. The maximum atomic E-state index is 9.71. The maximum absolute atomic E-state index is 9.71. The molecule has 2 atom stereocenters. The second kappa shape index (κ2) is 7.15. The van der Waals surface area contributed by atoms with E-state index in [1.807, 2.05) is 32.0 Å². The summed E-state index contributed by atoms with van der Waals surface area (Å²) in [6.07, 6.45) is 0.495. The van der Waals surface area contributed by atoms with Crippen molar-refractivity contribution in [2.24, 2.45) is 5.92 Å². The fraction of sp³-hybridized carbons (Fsp3) is 0.533. The second-order valence-electron chi connectivity index (χ2n) is 5.01. The van der Waals surface area contributed by atoms with Gasteiger partial charge in [0.15, 0.2) is 0 Å². The lowest BCUT2D eigenvalue weighted by atomic mass is 10.0. The first-order valence-electron chi connectivity index (χ1n) is 6.46. The zero-order valence-electron chi connectivity index (χ0n) is 11.4. The largest absolute Gasteiger partial charge is 0.393 e. The molecule has 0 heterocycles. The second-order valence-corrected chi connectivity index (χ2v) is 5.01. The van der Waals surface area contributed by atoms with Gasteiger partial charge in [0.1, 0.15) is 0 Å². The Morgan fingerprint density at radius 1 is 1.33 bits per heavy atom. The van der Waals surface area contributed by atoms with Gasteiger partial charge in [-0.2, -0.15) is 5.26 Å². The molecule has 0 radical (unpaired) electrons. The van der Waals surface area contributed by atoms with Crippen LogP contribution in [0.4, 0.5) is 0 Å². The van der Waals surface area contributed by atoms with Crippen LogP contribution in [0.1, 0.15) is 44.4 Å². The molecule has 1 rings (SSSR count). The number of hydrogen-bond donors (Lipinski definition) is 2. The Labute approximate surface area is 109 Å². The van der Waals surface area contributed by atoms with E-state index in [1.54, 1.807) is 6.07 Å². The normalized spacial score (nSPS) is 14.2. The molecule has 0 aliphatic carbocycles. The third-order valence-electron chi connectivity index (χ3n) is 3.18. The van der Waals surface area contributed by atoms with Crippen LogP contribution in [0.3, 0.4) is 0 Å². The average molecular weight is 246 g/mol. The average Bonchev–Trinajstić information content (AvgIpc) is 2.38. The fourth-order valence-corrected chi connectivity index (χ4v) is 1.78. The van der Waals surface area contributed by atoms with Gasteiger partial charge in [0, 0.05) is 6.04 Å². The molecule has 0 fully saturated rings. The summed E-state index contributed by atoms with van der Waals surface area (Å²) in [6.45, 7) is 6.88. The highest BCUT2D eigenvalue weighted by molar-refractivity contribution is 5.33. The maximum Gasteiger partial charge on any atom is 0.0991 e. The minimum absolute atomic E-state index is 0.192. The Bertz CT molecular complexity index is 409. The number of nitrogens with zero attached hydrogens (tertiary/aromatic N) is 1. The molecule has 2 N–H and O–H groups in total. The summed E-state index contributed by atoms with van der Waals surface area (Å²) in [6, 6.07) is 9.95. The van der Waals surface area contributed by atoms with Crippen LogP contribution < -0.4 is 5.32 Å². The van der Waals surface area contributed by atoms with Gasteiger partial charge in [-0.25, -0.2) is 0 Å². The number of rotatable bonds is 6. The SMILES string of the molecule is CC(C)[C@@H](O)CCN[C@H](C)c1cccc(C#N)c1. The van der Waals surface area contributed by atoms with Crippen LogP contribution in [0.15, 0.2) is 24.3 Å². The molecule has 0 aliphatic rings. The quantitative estimate of drug-likeness (QED) is 0.811. The molecule has 0 spiro atoms. The minimum atomic E-state index is -0.254. The Morgan fingerprint density at radius 2 is 2.06 bits per heavy atom. The van der Waals surface area contributed by atoms with E-state index in [9.17, 15) is 5.11 Å². The van der Waals surface area contributed by atoms with Gasteiger partial charge in [-0.1, -0.05) is 26.0 Å². The third-order valence-corrected chi connectivity index (χ3v) is 3.18. The molecular weight excluding hydrogens is 224 g/mol. The predicted octanol–water partition coefficient (Wildman–Crippen LogP) is 2.62. The van der Waals surface area contributed by atoms with Crippen LogP contribution >= 0.6 is 0 Å². The van der Waals surface area contributed by atoms with Gasteiger partial charge >= 0.3 is 0 Å². The Morgan fingerprint density at radius 3 is 2.67 bits per heavy atom. The molecule has 98 valence electrons. The molecule has 0 unspecified atom stereocenters. The topological polar surface area (TPSA) is 56.0 Å². The Balaban J connectivity index is 2.45. The molecule has 1 aromatic rings. The first-order valence-corrected chi connectivity index (χ1v) is 6.46. The fourth-order valence-electron chi connectivity index (χ4n) is 1.78. The molecule has 0 aliphatic heterocycles. The van der Waals surface area contributed by atoms with Crippen LogP contribution in [0.5, 0.6) is 0 Å². The highest BCUT2D eigenvalue weighted by Crippen LogP contribution is 2.14. The van der Waals surface area contributed by atoms with Crippen LogP contribution in [0.25, 0.3) is 0 Å². The van der Waals surface area contributed by atoms with E-state index in [1.165, 1.54) is 0 Å². The van der Waals surface area contributed by atoms with Crippen molar-refractivity contribution >= 4 is 0 Å². The number of benzene rings is 1. The summed E-state index contributed by atoms with van der Waals surface area (Å²) in [5.41, 5.74) is 1.79. The summed E-state index contributed by atoms with van der Waals surface area (Å²) in [5.74, 6) is 0.295. The van der Waals surface area contributed by atoms with Gasteiger partial charge in [0.05, 0.1) is 17.7 Å². The van der Waals surface area contributed by atoms with Crippen LogP contribution in [-0.4, -0.2) is 17.8 Å². The molecule has 0 aromatic heterocycles. The summed E-state index contributed by atoms with van der Waals surface area (Å²) in [7, 11) is 0. The number of aliphatic hydroxyl groups is 1. The Hall–Kier alpha value is -1.37. The van der Waals surface area contributed by atoms with Gasteiger partial charge in [-0.3, -0.25) is 0 Å². The van der Waals surface area contributed by atoms with Crippen molar-refractivity contribution in [1.82, 2.24) is 5.32 Å². The summed E-state index contributed by atoms with van der Waals surface area (Å²) < 4.78 is 0. The summed E-state index contributed by atoms with van der Waals surface area (Å²) in [4.78, 5) is 0. The first kappa shape index (κ1) is 14.7. The van der Waals surface area contributed by atoms with Gasteiger partial charge in [0.2, 0.25) is 0 Å². The van der Waals surface area contributed by atoms with Gasteiger partial charge in [-0.05, 0) is 43.5 Å². The van der Waals surface area contributed by atoms with Gasteiger partial charge < -0.3 is 10.4 Å². The molecule has 0 bridgehead atoms. The van der Waals surface area contributed by atoms with E-state index in [-0.39, 0.29) is 12.1 Å². The summed E-state index contributed by atoms with van der Waals surface area (Å²) >= 11 is 0. The van der Waals surface area contributed by atoms with Gasteiger partial charge in [0.25, 0.3) is 0 Å². The highest BCUT2D eigenvalue weighted by atomic mass is 16.3. The van der Waals surface area contributed by atoms with Crippen molar-refractivity contribution in [2.75, 3.05) is 6.54 Å². The predicted molar refractivity (Wildman–Crippen MR) is 73.0 cm³/mol. The standard InChI is InChI=1S/C15H22N2O/c1-11(2)15(18)7-8-17-12(3)14-6-4-5-13(9-14)10-16/h4-6,9,11-12,15,17-18H,7-8H2,1-3H3/t12-,15+/m1/s1. The van der Waals surface area contributed by atoms with Crippen molar-refractivity contribution in [2.45, 2.75) is 39.3 Å². The number of aliphatic hydroxyl groups excluding tert-OH is 1. The number of nitrogens with one attached hydrogen (secondary N) is 1. The van der Waals surface area contributed by atoms with E-state index in [4.69, 9.17) is 5.26 Å². The minimum Gasteiger partial charge on any atom is -0.393 e. The van der Waals surface area contributed by atoms with Crippen LogP contribution in [0, 0.1) is 17.2 Å². The number of hydrogen-bond acceptors (Lipinski definition) is 3. The molecule has 0 saturated heterocycles.